The lowest BCUT2D eigenvalue weighted by molar-refractivity contribution is -0.136. The van der Waals surface area contributed by atoms with Gasteiger partial charge in [0.2, 0.25) is 0 Å². The second-order valence-corrected chi connectivity index (χ2v) is 5.56. The molecule has 0 amide bonds. The molecule has 1 heterocycles. The second-order valence-electron chi connectivity index (χ2n) is 3.21. The highest BCUT2D eigenvalue weighted by Crippen LogP contribution is 2.16. The van der Waals surface area contributed by atoms with Crippen molar-refractivity contribution in [2.24, 2.45) is 0 Å². The number of nitrogens with one attached hydrogen (secondary N) is 2. The molecule has 0 fully saturated rings. The lowest BCUT2D eigenvalue weighted by Gasteiger charge is -2.05. The molecule has 1 rings (SSSR count). The van der Waals surface area contributed by atoms with Crippen LogP contribution in [0.5, 0.6) is 0 Å². The number of ether oxygens (including phenoxy) is 1. The van der Waals surface area contributed by atoms with E-state index in [2.05, 4.69) is 14.4 Å². The van der Waals surface area contributed by atoms with E-state index in [0.29, 0.717) is 5.69 Å². The van der Waals surface area contributed by atoms with Crippen LogP contribution in [0.4, 0.5) is 5.13 Å². The molecule has 0 spiro atoms. The fraction of sp³-hybridized carbons (Fsp3) is 0.500. The van der Waals surface area contributed by atoms with Crippen molar-refractivity contribution in [2.75, 3.05) is 25.0 Å². The van der Waals surface area contributed by atoms with Crippen molar-refractivity contribution in [2.45, 2.75) is 6.42 Å². The van der Waals surface area contributed by atoms with Crippen molar-refractivity contribution in [1.29, 1.82) is 0 Å². The van der Waals surface area contributed by atoms with Crippen LogP contribution in [0.3, 0.4) is 0 Å². The summed E-state index contributed by atoms with van der Waals surface area (Å²) in [5, 5.41) is 10.2. The Morgan fingerprint density at radius 3 is 2.94 bits per heavy atom. The van der Waals surface area contributed by atoms with E-state index in [1.807, 2.05) is 0 Å². The van der Waals surface area contributed by atoms with Crippen LogP contribution in [0.2, 0.25) is 0 Å². The summed E-state index contributed by atoms with van der Waals surface area (Å²) in [7, 11) is -2.24. The van der Waals surface area contributed by atoms with E-state index in [-0.39, 0.29) is 24.7 Å². The number of carboxylic acids is 1. The Kier molecular flexibility index (Phi) is 5.47. The zero-order chi connectivity index (χ0) is 13.6. The first-order valence-corrected chi connectivity index (χ1v) is 7.22. The lowest BCUT2D eigenvalue weighted by Crippen LogP contribution is -2.32. The highest BCUT2D eigenvalue weighted by Gasteiger charge is 2.12. The third kappa shape index (κ3) is 5.40. The number of hydrogen-bond acceptors (Lipinski definition) is 6. The largest absolute Gasteiger partial charge is 0.481 e. The van der Waals surface area contributed by atoms with Gasteiger partial charge in [-0.05, 0) is 0 Å². The highest BCUT2D eigenvalue weighted by atomic mass is 32.2. The molecule has 0 atom stereocenters. The van der Waals surface area contributed by atoms with Crippen LogP contribution in [0.15, 0.2) is 5.38 Å². The molecule has 0 bridgehead atoms. The Balaban J connectivity index is 2.55. The Labute approximate surface area is 108 Å². The summed E-state index contributed by atoms with van der Waals surface area (Å²) < 4.78 is 32.1. The standard InChI is InChI=1S/C8H13N3O5S2/c1-16-3-2-9-18(14,15)11-8-10-6(5-17-8)4-7(12)13/h5,9H,2-4H2,1H3,(H,10,11)(H,12,13). The molecular formula is C8H13N3O5S2. The first-order chi connectivity index (χ1) is 8.43. The molecule has 102 valence electrons. The van der Waals surface area contributed by atoms with Crippen LogP contribution in [0, 0.1) is 0 Å². The molecule has 0 aliphatic heterocycles. The van der Waals surface area contributed by atoms with E-state index in [4.69, 9.17) is 9.84 Å². The minimum absolute atomic E-state index is 0.121. The van der Waals surface area contributed by atoms with Gasteiger partial charge in [-0.3, -0.25) is 4.79 Å². The minimum Gasteiger partial charge on any atom is -0.481 e. The maximum atomic E-state index is 11.5. The quantitative estimate of drug-likeness (QED) is 0.565. The van der Waals surface area contributed by atoms with Gasteiger partial charge in [0, 0.05) is 19.0 Å². The summed E-state index contributed by atoms with van der Waals surface area (Å²) in [5.41, 5.74) is 0.307. The Morgan fingerprint density at radius 1 is 1.61 bits per heavy atom. The van der Waals surface area contributed by atoms with Crippen LogP contribution < -0.4 is 9.44 Å². The van der Waals surface area contributed by atoms with Crippen molar-refractivity contribution in [3.05, 3.63) is 11.1 Å². The molecule has 10 heteroatoms. The first-order valence-electron chi connectivity index (χ1n) is 4.85. The topological polar surface area (TPSA) is 118 Å². The van der Waals surface area contributed by atoms with Crippen LogP contribution in [-0.2, 0) is 26.2 Å². The number of thiazole rings is 1. The summed E-state index contributed by atoms with van der Waals surface area (Å²) in [6.07, 6.45) is -0.241. The van der Waals surface area contributed by atoms with E-state index >= 15 is 0 Å². The first kappa shape index (κ1) is 14.8. The Morgan fingerprint density at radius 2 is 2.33 bits per heavy atom. The summed E-state index contributed by atoms with van der Waals surface area (Å²) >= 11 is 1.02. The SMILES string of the molecule is COCCNS(=O)(=O)Nc1nc(CC(=O)O)cs1. The zero-order valence-corrected chi connectivity index (χ0v) is 11.2. The number of anilines is 1. The van der Waals surface area contributed by atoms with Crippen LogP contribution in [-0.4, -0.2) is 44.7 Å². The molecule has 3 N–H and O–H groups in total. The van der Waals surface area contributed by atoms with Crippen LogP contribution >= 0.6 is 11.3 Å². The van der Waals surface area contributed by atoms with E-state index in [9.17, 15) is 13.2 Å². The van der Waals surface area contributed by atoms with Gasteiger partial charge in [-0.2, -0.15) is 13.1 Å². The Hall–Kier alpha value is -1.23. The normalized spacial score (nSPS) is 11.4. The molecule has 18 heavy (non-hydrogen) atoms. The third-order valence-corrected chi connectivity index (χ3v) is 3.69. The number of carbonyl (C=O) groups is 1. The maximum Gasteiger partial charge on any atom is 0.309 e. The van der Waals surface area contributed by atoms with Crippen molar-refractivity contribution in [3.63, 3.8) is 0 Å². The summed E-state index contributed by atoms with van der Waals surface area (Å²) in [6, 6.07) is 0. The number of carboxylic acid groups (broad SMARTS) is 1. The average Bonchev–Trinajstić information content (AvgIpc) is 2.63. The zero-order valence-electron chi connectivity index (χ0n) is 9.54. The van der Waals surface area contributed by atoms with Gasteiger partial charge in [-0.25, -0.2) is 9.71 Å². The number of hydrogen-bond donors (Lipinski definition) is 3. The fourth-order valence-electron chi connectivity index (χ4n) is 1.02. The van der Waals surface area contributed by atoms with Crippen molar-refractivity contribution >= 4 is 32.6 Å². The monoisotopic (exact) mass is 295 g/mol. The maximum absolute atomic E-state index is 11.5. The summed E-state index contributed by atoms with van der Waals surface area (Å²) in [4.78, 5) is 14.3. The number of nitrogens with zero attached hydrogens (tertiary/aromatic N) is 1. The molecule has 8 nitrogen and oxygen atoms in total. The van der Waals surface area contributed by atoms with Crippen molar-refractivity contribution in [3.8, 4) is 0 Å². The van der Waals surface area contributed by atoms with E-state index in [1.54, 1.807) is 0 Å². The highest BCUT2D eigenvalue weighted by molar-refractivity contribution is 7.91. The molecule has 0 aromatic carbocycles. The van der Waals surface area contributed by atoms with Gasteiger partial charge < -0.3 is 9.84 Å². The predicted octanol–water partition coefficient (Wildman–Crippen LogP) is -0.337. The molecule has 0 saturated heterocycles. The van der Waals surface area contributed by atoms with Gasteiger partial charge in [0.05, 0.1) is 18.7 Å². The summed E-state index contributed by atoms with van der Waals surface area (Å²) in [6.45, 7) is 0.391. The van der Waals surface area contributed by atoms with Crippen LogP contribution in [0.1, 0.15) is 5.69 Å². The van der Waals surface area contributed by atoms with Gasteiger partial charge >= 0.3 is 16.2 Å². The summed E-state index contributed by atoms with van der Waals surface area (Å²) in [5.74, 6) is -1.02. The van der Waals surface area contributed by atoms with Crippen LogP contribution in [0.25, 0.3) is 0 Å². The van der Waals surface area contributed by atoms with Crippen molar-refractivity contribution < 1.29 is 23.1 Å². The number of methoxy groups -OCH3 is 1. The molecule has 0 aliphatic rings. The molecule has 0 unspecified atom stereocenters. The van der Waals surface area contributed by atoms with E-state index in [1.165, 1.54) is 12.5 Å². The molecule has 1 aromatic heterocycles. The molecule has 0 aliphatic carbocycles. The second kappa shape index (κ2) is 6.64. The van der Waals surface area contributed by atoms with Crippen molar-refractivity contribution in [1.82, 2.24) is 9.71 Å². The average molecular weight is 295 g/mol. The number of rotatable bonds is 8. The van der Waals surface area contributed by atoms with E-state index < -0.39 is 16.2 Å². The molecule has 1 aromatic rings. The van der Waals surface area contributed by atoms with Gasteiger partial charge in [-0.15, -0.1) is 11.3 Å². The van der Waals surface area contributed by atoms with E-state index in [0.717, 1.165) is 11.3 Å². The third-order valence-electron chi connectivity index (χ3n) is 1.70. The van der Waals surface area contributed by atoms with Gasteiger partial charge in [-0.1, -0.05) is 0 Å². The van der Waals surface area contributed by atoms with Gasteiger partial charge in [0.1, 0.15) is 0 Å². The molecular weight excluding hydrogens is 282 g/mol. The van der Waals surface area contributed by atoms with Gasteiger partial charge in [0.25, 0.3) is 0 Å². The Bertz CT molecular complexity index is 499. The molecule has 0 saturated carbocycles. The number of aromatic nitrogens is 1. The lowest BCUT2D eigenvalue weighted by atomic mass is 10.3. The fourth-order valence-corrected chi connectivity index (χ4v) is 2.79. The predicted molar refractivity (Wildman–Crippen MR) is 65.9 cm³/mol. The number of aliphatic carboxylic acids is 1. The van der Waals surface area contributed by atoms with Gasteiger partial charge in [0.15, 0.2) is 5.13 Å². The minimum atomic E-state index is -3.70. The smallest absolute Gasteiger partial charge is 0.309 e. The molecule has 0 radical (unpaired) electrons.